The van der Waals surface area contributed by atoms with Crippen molar-refractivity contribution >= 4 is 17.6 Å². The standard InChI is InChI=1S/C30H39NO5/c1-19(12-14-25-21(3)11-8-16-30(25,5)6)9-7-10-20(2)17-27(34)31-26-15-13-23(33)18-24(26)28(22(4)32)29(35)36/h7,9-10,12-15,17-18,22,28,32-33H,8,11,16H2,1-6H3,(H,31,34)(H,35,36). The van der Waals surface area contributed by atoms with Gasteiger partial charge in [-0.2, -0.15) is 0 Å². The molecule has 1 aromatic carbocycles. The first-order chi connectivity index (χ1) is 16.8. The number of phenols is 1. The Morgan fingerprint density at radius 3 is 2.44 bits per heavy atom. The van der Waals surface area contributed by atoms with Crippen molar-refractivity contribution in [3.05, 3.63) is 82.5 Å². The molecule has 0 aliphatic heterocycles. The number of rotatable bonds is 9. The van der Waals surface area contributed by atoms with Crippen LogP contribution in [-0.2, 0) is 9.59 Å². The van der Waals surface area contributed by atoms with Crippen molar-refractivity contribution in [2.75, 3.05) is 5.32 Å². The molecule has 0 fully saturated rings. The third-order valence-corrected chi connectivity index (χ3v) is 6.51. The number of carbonyl (C=O) groups is 2. The minimum absolute atomic E-state index is 0.129. The zero-order chi connectivity index (χ0) is 27.0. The van der Waals surface area contributed by atoms with E-state index in [1.807, 2.05) is 25.2 Å². The number of hydrogen-bond acceptors (Lipinski definition) is 4. The van der Waals surface area contributed by atoms with Crippen LogP contribution in [0.5, 0.6) is 5.75 Å². The summed E-state index contributed by atoms with van der Waals surface area (Å²) >= 11 is 0. The van der Waals surface area contributed by atoms with Gasteiger partial charge in [0, 0.05) is 11.8 Å². The second-order valence-corrected chi connectivity index (χ2v) is 10.2. The number of phenolic OH excluding ortho intramolecular Hbond substituents is 1. The molecule has 2 unspecified atom stereocenters. The van der Waals surface area contributed by atoms with E-state index in [2.05, 4.69) is 38.2 Å². The van der Waals surface area contributed by atoms with Gasteiger partial charge in [0.1, 0.15) is 11.7 Å². The van der Waals surface area contributed by atoms with Gasteiger partial charge in [0.25, 0.3) is 0 Å². The summed E-state index contributed by atoms with van der Waals surface area (Å²) in [6.07, 6.45) is 13.8. The third kappa shape index (κ3) is 8.09. The van der Waals surface area contributed by atoms with Gasteiger partial charge in [0.05, 0.1) is 6.10 Å². The smallest absolute Gasteiger partial charge is 0.313 e. The fraction of sp³-hybridized carbons (Fsp3) is 0.400. The second-order valence-electron chi connectivity index (χ2n) is 10.2. The minimum atomic E-state index is -1.29. The van der Waals surface area contributed by atoms with E-state index in [1.54, 1.807) is 6.92 Å². The summed E-state index contributed by atoms with van der Waals surface area (Å²) in [5, 5.41) is 31.9. The highest BCUT2D eigenvalue weighted by molar-refractivity contribution is 6.01. The molecule has 0 bridgehead atoms. The molecular weight excluding hydrogens is 454 g/mol. The molecule has 2 atom stereocenters. The Morgan fingerprint density at radius 2 is 1.83 bits per heavy atom. The fourth-order valence-corrected chi connectivity index (χ4v) is 4.58. The van der Waals surface area contributed by atoms with E-state index in [1.165, 1.54) is 55.2 Å². The van der Waals surface area contributed by atoms with Crippen LogP contribution in [0.4, 0.5) is 5.69 Å². The van der Waals surface area contributed by atoms with Crippen molar-refractivity contribution in [1.82, 2.24) is 0 Å². The number of aliphatic hydroxyl groups excluding tert-OH is 1. The lowest BCUT2D eigenvalue weighted by atomic mass is 9.72. The highest BCUT2D eigenvalue weighted by atomic mass is 16.4. The van der Waals surface area contributed by atoms with Gasteiger partial charge < -0.3 is 20.6 Å². The molecular formula is C30H39NO5. The highest BCUT2D eigenvalue weighted by Crippen LogP contribution is 2.40. The Bertz CT molecular complexity index is 1130. The first-order valence-corrected chi connectivity index (χ1v) is 12.3. The van der Waals surface area contributed by atoms with Crippen molar-refractivity contribution in [3.63, 3.8) is 0 Å². The number of aromatic hydroxyl groups is 1. The molecule has 36 heavy (non-hydrogen) atoms. The number of hydrogen-bond donors (Lipinski definition) is 4. The van der Waals surface area contributed by atoms with E-state index in [-0.39, 0.29) is 22.4 Å². The molecule has 1 aromatic rings. The number of anilines is 1. The Balaban J connectivity index is 2.11. The largest absolute Gasteiger partial charge is 0.508 e. The Morgan fingerprint density at radius 1 is 1.14 bits per heavy atom. The molecule has 0 radical (unpaired) electrons. The zero-order valence-corrected chi connectivity index (χ0v) is 22.1. The third-order valence-electron chi connectivity index (χ3n) is 6.51. The number of carboxylic acids is 1. The van der Waals surface area contributed by atoms with Crippen LogP contribution in [0, 0.1) is 5.41 Å². The van der Waals surface area contributed by atoms with Crippen LogP contribution in [-0.4, -0.2) is 33.3 Å². The molecule has 6 heteroatoms. The molecule has 0 spiro atoms. The van der Waals surface area contributed by atoms with Gasteiger partial charge in [-0.15, -0.1) is 0 Å². The lowest BCUT2D eigenvalue weighted by Crippen LogP contribution is -2.25. The summed E-state index contributed by atoms with van der Waals surface area (Å²) in [5.74, 6) is -3.15. The fourth-order valence-electron chi connectivity index (χ4n) is 4.58. The Hall–Kier alpha value is -3.38. The van der Waals surface area contributed by atoms with Gasteiger partial charge in [0.2, 0.25) is 5.91 Å². The quantitative estimate of drug-likeness (QED) is 0.181. The van der Waals surface area contributed by atoms with Crippen LogP contribution in [0.3, 0.4) is 0 Å². The van der Waals surface area contributed by atoms with Crippen LogP contribution in [0.2, 0.25) is 0 Å². The van der Waals surface area contributed by atoms with Crippen LogP contribution >= 0.6 is 0 Å². The maximum absolute atomic E-state index is 12.6. The van der Waals surface area contributed by atoms with Crippen LogP contribution in [0.15, 0.2) is 76.9 Å². The second kappa shape index (κ2) is 12.5. The number of allylic oxidation sites excluding steroid dienone is 9. The van der Waals surface area contributed by atoms with Crippen LogP contribution in [0.1, 0.15) is 72.3 Å². The molecule has 0 saturated heterocycles. The number of amides is 1. The molecule has 1 amide bonds. The summed E-state index contributed by atoms with van der Waals surface area (Å²) in [7, 11) is 0. The monoisotopic (exact) mass is 493 g/mol. The van der Waals surface area contributed by atoms with Gasteiger partial charge in [0.15, 0.2) is 0 Å². The first-order valence-electron chi connectivity index (χ1n) is 12.3. The number of nitrogens with one attached hydrogen (secondary N) is 1. The SMILES string of the molecule is CC(C=CC1=C(C)CCCC1(C)C)=CC=CC(C)=CC(=O)Nc1ccc(O)cc1C(C(=O)O)C(C)O. The number of benzene rings is 1. The van der Waals surface area contributed by atoms with E-state index < -0.39 is 23.9 Å². The lowest BCUT2D eigenvalue weighted by molar-refractivity contribution is -0.141. The van der Waals surface area contributed by atoms with Gasteiger partial charge in [-0.25, -0.2) is 0 Å². The number of carbonyl (C=O) groups excluding carboxylic acids is 1. The maximum Gasteiger partial charge on any atom is 0.313 e. The average Bonchev–Trinajstić information content (AvgIpc) is 2.74. The van der Waals surface area contributed by atoms with Gasteiger partial charge in [-0.3, -0.25) is 9.59 Å². The predicted octanol–water partition coefficient (Wildman–Crippen LogP) is 6.41. The molecule has 4 N–H and O–H groups in total. The Labute approximate surface area is 214 Å². The molecule has 0 saturated carbocycles. The maximum atomic E-state index is 12.6. The molecule has 0 aromatic heterocycles. The topological polar surface area (TPSA) is 107 Å². The number of aliphatic hydroxyl groups is 1. The molecule has 1 aliphatic rings. The predicted molar refractivity (Wildman–Crippen MR) is 145 cm³/mol. The van der Waals surface area contributed by atoms with Crippen molar-refractivity contribution in [2.24, 2.45) is 5.41 Å². The van der Waals surface area contributed by atoms with E-state index >= 15 is 0 Å². The van der Waals surface area contributed by atoms with Crippen LogP contribution < -0.4 is 5.32 Å². The first kappa shape index (κ1) is 28.9. The summed E-state index contributed by atoms with van der Waals surface area (Å²) in [4.78, 5) is 24.2. The van der Waals surface area contributed by atoms with E-state index in [9.17, 15) is 24.9 Å². The molecule has 0 heterocycles. The van der Waals surface area contributed by atoms with E-state index in [0.717, 1.165) is 12.0 Å². The normalized spacial score (nSPS) is 18.5. The highest BCUT2D eigenvalue weighted by Gasteiger charge is 2.28. The minimum Gasteiger partial charge on any atom is -0.508 e. The van der Waals surface area contributed by atoms with Crippen molar-refractivity contribution in [1.29, 1.82) is 0 Å². The lowest BCUT2D eigenvalue weighted by Gasteiger charge is -2.32. The number of carboxylic acid groups (broad SMARTS) is 1. The molecule has 6 nitrogen and oxygen atoms in total. The Kier molecular flexibility index (Phi) is 10.1. The van der Waals surface area contributed by atoms with Crippen molar-refractivity contribution in [3.8, 4) is 5.75 Å². The van der Waals surface area contributed by atoms with Gasteiger partial charge in [-0.05, 0) is 87.3 Å². The van der Waals surface area contributed by atoms with Crippen molar-refractivity contribution < 1.29 is 24.9 Å². The summed E-state index contributed by atoms with van der Waals surface area (Å²) < 4.78 is 0. The van der Waals surface area contributed by atoms with Crippen molar-refractivity contribution in [2.45, 2.75) is 72.8 Å². The molecule has 2 rings (SSSR count). The summed E-state index contributed by atoms with van der Waals surface area (Å²) in [6, 6.07) is 4.01. The average molecular weight is 494 g/mol. The number of aliphatic carboxylic acids is 1. The van der Waals surface area contributed by atoms with Crippen LogP contribution in [0.25, 0.3) is 0 Å². The molecule has 1 aliphatic carbocycles. The van der Waals surface area contributed by atoms with E-state index in [0.29, 0.717) is 5.57 Å². The summed E-state index contributed by atoms with van der Waals surface area (Å²) in [5.41, 5.74) is 5.20. The van der Waals surface area contributed by atoms with Gasteiger partial charge >= 0.3 is 5.97 Å². The van der Waals surface area contributed by atoms with Gasteiger partial charge in [-0.1, -0.05) is 55.4 Å². The summed E-state index contributed by atoms with van der Waals surface area (Å²) in [6.45, 7) is 12.0. The van der Waals surface area contributed by atoms with E-state index in [4.69, 9.17) is 0 Å². The zero-order valence-electron chi connectivity index (χ0n) is 22.1. The molecule has 194 valence electrons.